The molecule has 5 nitrogen and oxygen atoms in total. The average Bonchev–Trinajstić information content (AvgIpc) is 3.07. The Morgan fingerprint density at radius 1 is 1.11 bits per heavy atom. The molecular weight excluding hydrogens is 416 g/mol. The zero-order chi connectivity index (χ0) is 19.0. The van der Waals surface area contributed by atoms with Gasteiger partial charge in [-0.05, 0) is 46.6 Å². The van der Waals surface area contributed by atoms with Crippen molar-refractivity contribution in [1.29, 1.82) is 0 Å². The maximum atomic E-state index is 14.3. The molecule has 0 unspecified atom stereocenters. The Bertz CT molecular complexity index is 1110. The van der Waals surface area contributed by atoms with E-state index in [1.807, 2.05) is 13.0 Å². The van der Waals surface area contributed by atoms with Gasteiger partial charge >= 0.3 is 0 Å². The van der Waals surface area contributed by atoms with E-state index >= 15 is 0 Å². The maximum absolute atomic E-state index is 14.3. The summed E-state index contributed by atoms with van der Waals surface area (Å²) in [7, 11) is 0. The first-order valence-electron chi connectivity index (χ1n) is 8.19. The average molecular weight is 430 g/mol. The van der Waals surface area contributed by atoms with E-state index in [1.54, 1.807) is 24.5 Å². The molecule has 0 saturated heterocycles. The van der Waals surface area contributed by atoms with Gasteiger partial charge in [0.2, 0.25) is 0 Å². The van der Waals surface area contributed by atoms with Crippen molar-refractivity contribution in [1.82, 2.24) is 19.9 Å². The Morgan fingerprint density at radius 2 is 1.89 bits per heavy atom. The molecule has 0 saturated carbocycles. The molecule has 0 bridgehead atoms. The first-order chi connectivity index (χ1) is 13.0. The minimum absolute atomic E-state index is 0.0779. The van der Waals surface area contributed by atoms with Crippen molar-refractivity contribution >= 4 is 32.8 Å². The summed E-state index contributed by atoms with van der Waals surface area (Å²) in [6.07, 6.45) is 4.56. The van der Waals surface area contributed by atoms with Crippen LogP contribution in [0.2, 0.25) is 0 Å². The second-order valence-corrected chi connectivity index (χ2v) is 6.98. The molecule has 1 aromatic carbocycles. The third kappa shape index (κ3) is 3.52. The number of pyridine rings is 1. The number of halogens is 3. The fourth-order valence-corrected chi connectivity index (χ4v) is 3.13. The van der Waals surface area contributed by atoms with Crippen molar-refractivity contribution in [2.24, 2.45) is 0 Å². The summed E-state index contributed by atoms with van der Waals surface area (Å²) in [5.74, 6) is -0.432. The highest BCUT2D eigenvalue weighted by Crippen LogP contribution is 2.29. The van der Waals surface area contributed by atoms with Crippen LogP contribution < -0.4 is 5.32 Å². The van der Waals surface area contributed by atoms with Crippen molar-refractivity contribution in [3.63, 3.8) is 0 Å². The van der Waals surface area contributed by atoms with Gasteiger partial charge in [0.25, 0.3) is 0 Å². The number of nitrogens with zero attached hydrogens (tertiary/aromatic N) is 3. The van der Waals surface area contributed by atoms with Crippen molar-refractivity contribution < 1.29 is 8.78 Å². The lowest BCUT2D eigenvalue weighted by atomic mass is 10.1. The first-order valence-corrected chi connectivity index (χ1v) is 8.98. The van der Waals surface area contributed by atoms with E-state index in [1.165, 1.54) is 12.1 Å². The number of nitrogens with one attached hydrogen (secondary N) is 2. The molecule has 4 rings (SSSR count). The monoisotopic (exact) mass is 429 g/mol. The lowest BCUT2D eigenvalue weighted by Gasteiger charge is -2.15. The summed E-state index contributed by atoms with van der Waals surface area (Å²) >= 11 is 3.40. The van der Waals surface area contributed by atoms with Crippen LogP contribution in [-0.2, 0) is 0 Å². The van der Waals surface area contributed by atoms with Crippen LogP contribution >= 0.6 is 15.9 Å². The Morgan fingerprint density at radius 3 is 2.67 bits per heavy atom. The fraction of sp³-hybridized carbons (Fsp3) is 0.105. The number of aromatic amines is 1. The van der Waals surface area contributed by atoms with Gasteiger partial charge in [-0.1, -0.05) is 12.1 Å². The SMILES string of the molecule is C[C@H](Nc1nc(-c2c[nH]c3ncc(Br)cc23)ncc1F)c1ccc(F)cc1. The summed E-state index contributed by atoms with van der Waals surface area (Å²) in [6.45, 7) is 1.85. The van der Waals surface area contributed by atoms with Gasteiger partial charge in [-0.2, -0.15) is 0 Å². The van der Waals surface area contributed by atoms with Crippen LogP contribution in [0.4, 0.5) is 14.6 Å². The van der Waals surface area contributed by atoms with Crippen molar-refractivity contribution in [2.75, 3.05) is 5.32 Å². The minimum Gasteiger partial charge on any atom is -0.361 e. The molecule has 0 fully saturated rings. The number of hydrogen-bond acceptors (Lipinski definition) is 4. The van der Waals surface area contributed by atoms with Gasteiger partial charge < -0.3 is 10.3 Å². The van der Waals surface area contributed by atoms with Gasteiger partial charge in [-0.25, -0.2) is 23.7 Å². The summed E-state index contributed by atoms with van der Waals surface area (Å²) < 4.78 is 28.2. The van der Waals surface area contributed by atoms with E-state index in [9.17, 15) is 8.78 Å². The molecule has 0 spiro atoms. The van der Waals surface area contributed by atoms with Gasteiger partial charge in [0.05, 0.1) is 12.2 Å². The number of fused-ring (bicyclic) bond motifs is 1. The Hall–Kier alpha value is -2.87. The Labute approximate surface area is 162 Å². The zero-order valence-electron chi connectivity index (χ0n) is 14.2. The van der Waals surface area contributed by atoms with Crippen molar-refractivity contribution in [3.8, 4) is 11.4 Å². The van der Waals surface area contributed by atoms with E-state index in [-0.39, 0.29) is 17.7 Å². The second-order valence-electron chi connectivity index (χ2n) is 6.06. The van der Waals surface area contributed by atoms with E-state index < -0.39 is 5.82 Å². The number of benzene rings is 1. The number of anilines is 1. The van der Waals surface area contributed by atoms with Crippen molar-refractivity contribution in [2.45, 2.75) is 13.0 Å². The summed E-state index contributed by atoms with van der Waals surface area (Å²) in [5.41, 5.74) is 2.22. The number of rotatable bonds is 4. The van der Waals surface area contributed by atoms with Crippen LogP contribution in [-0.4, -0.2) is 19.9 Å². The molecule has 3 heterocycles. The zero-order valence-corrected chi connectivity index (χ0v) is 15.8. The van der Waals surface area contributed by atoms with Crippen LogP contribution in [0.5, 0.6) is 0 Å². The third-order valence-electron chi connectivity index (χ3n) is 4.21. The van der Waals surface area contributed by atoms with E-state index in [2.05, 4.69) is 41.2 Å². The highest BCUT2D eigenvalue weighted by atomic mass is 79.9. The predicted octanol–water partition coefficient (Wildman–Crippen LogP) is 5.23. The molecule has 1 atom stereocenters. The summed E-state index contributed by atoms with van der Waals surface area (Å²) in [6, 6.07) is 7.67. The normalized spacial score (nSPS) is 12.3. The highest BCUT2D eigenvalue weighted by molar-refractivity contribution is 9.10. The molecule has 8 heteroatoms. The molecule has 0 radical (unpaired) electrons. The van der Waals surface area contributed by atoms with E-state index in [0.29, 0.717) is 11.5 Å². The van der Waals surface area contributed by atoms with Gasteiger partial charge in [0, 0.05) is 27.8 Å². The molecule has 27 heavy (non-hydrogen) atoms. The molecule has 0 aliphatic rings. The molecular formula is C19H14BrF2N5. The summed E-state index contributed by atoms with van der Waals surface area (Å²) in [5, 5.41) is 3.85. The van der Waals surface area contributed by atoms with Crippen LogP contribution in [0, 0.1) is 11.6 Å². The van der Waals surface area contributed by atoms with Crippen LogP contribution in [0.15, 0.2) is 53.4 Å². The van der Waals surface area contributed by atoms with Crippen LogP contribution in [0.25, 0.3) is 22.4 Å². The van der Waals surface area contributed by atoms with E-state index in [0.717, 1.165) is 27.2 Å². The molecule has 2 N–H and O–H groups in total. The lowest BCUT2D eigenvalue weighted by Crippen LogP contribution is -2.10. The summed E-state index contributed by atoms with van der Waals surface area (Å²) in [4.78, 5) is 15.8. The topological polar surface area (TPSA) is 66.5 Å². The quantitative estimate of drug-likeness (QED) is 0.465. The first kappa shape index (κ1) is 17.5. The number of hydrogen-bond donors (Lipinski definition) is 2. The number of aromatic nitrogens is 4. The largest absolute Gasteiger partial charge is 0.361 e. The Balaban J connectivity index is 1.68. The van der Waals surface area contributed by atoms with E-state index in [4.69, 9.17) is 0 Å². The molecule has 136 valence electrons. The smallest absolute Gasteiger partial charge is 0.183 e. The minimum atomic E-state index is -0.563. The third-order valence-corrected chi connectivity index (χ3v) is 4.64. The van der Waals surface area contributed by atoms with Gasteiger partial charge in [-0.15, -0.1) is 0 Å². The predicted molar refractivity (Wildman–Crippen MR) is 103 cm³/mol. The second kappa shape index (κ2) is 7.03. The lowest BCUT2D eigenvalue weighted by molar-refractivity contribution is 0.613. The highest BCUT2D eigenvalue weighted by Gasteiger charge is 2.15. The molecule has 0 amide bonds. The van der Waals surface area contributed by atoms with Gasteiger partial charge in [0.15, 0.2) is 17.5 Å². The molecule has 3 aromatic heterocycles. The maximum Gasteiger partial charge on any atom is 0.183 e. The van der Waals surface area contributed by atoms with Crippen LogP contribution in [0.1, 0.15) is 18.5 Å². The molecule has 4 aromatic rings. The number of H-pyrrole nitrogens is 1. The molecule has 0 aliphatic heterocycles. The Kier molecular flexibility index (Phi) is 4.57. The van der Waals surface area contributed by atoms with Crippen LogP contribution in [0.3, 0.4) is 0 Å². The molecule has 0 aliphatic carbocycles. The van der Waals surface area contributed by atoms with Gasteiger partial charge in [-0.3, -0.25) is 0 Å². The fourth-order valence-electron chi connectivity index (χ4n) is 2.80. The standard InChI is InChI=1S/C19H14BrF2N5/c1-10(11-2-4-13(21)5-3-11)26-19-16(22)9-25-18(27-19)15-8-24-17-14(15)6-12(20)7-23-17/h2-10H,1H3,(H,23,24)(H,25,26,27)/t10-/m0/s1. The van der Waals surface area contributed by atoms with Crippen molar-refractivity contribution in [3.05, 3.63) is 70.6 Å². The van der Waals surface area contributed by atoms with Gasteiger partial charge in [0.1, 0.15) is 11.5 Å².